The molecule has 0 bridgehead atoms. The van der Waals surface area contributed by atoms with E-state index in [1.165, 1.54) is 0 Å². The number of pyridine rings is 2. The fourth-order valence-corrected chi connectivity index (χ4v) is 2.34. The molecular formula is C11H7N3S. The van der Waals surface area contributed by atoms with Crippen LogP contribution in [0, 0.1) is 0 Å². The van der Waals surface area contributed by atoms with Crippen LogP contribution in [0.4, 0.5) is 0 Å². The molecule has 0 aromatic carbocycles. The van der Waals surface area contributed by atoms with Gasteiger partial charge in [-0.25, -0.2) is 4.98 Å². The number of nitrogens with zero attached hydrogens (tertiary/aromatic N) is 3. The second-order valence-electron chi connectivity index (χ2n) is 3.10. The first-order valence-electron chi connectivity index (χ1n) is 4.54. The molecule has 3 aromatic heterocycles. The van der Waals surface area contributed by atoms with Crippen molar-refractivity contribution in [3.05, 3.63) is 43.0 Å². The van der Waals surface area contributed by atoms with Crippen LogP contribution < -0.4 is 0 Å². The second kappa shape index (κ2) is 3.40. The Hall–Kier alpha value is -1.81. The van der Waals surface area contributed by atoms with Crippen LogP contribution in [0.25, 0.3) is 20.8 Å². The number of aromatic nitrogens is 3. The summed E-state index contributed by atoms with van der Waals surface area (Å²) in [6, 6.07) is 5.85. The van der Waals surface area contributed by atoms with Crippen molar-refractivity contribution < 1.29 is 0 Å². The molecule has 3 rings (SSSR count). The lowest BCUT2D eigenvalue weighted by Gasteiger charge is -1.91. The molecule has 0 fully saturated rings. The van der Waals surface area contributed by atoms with Crippen molar-refractivity contribution in [1.29, 1.82) is 0 Å². The van der Waals surface area contributed by atoms with Crippen LogP contribution in [0.2, 0.25) is 0 Å². The van der Waals surface area contributed by atoms with Crippen LogP contribution in [0.5, 0.6) is 0 Å². The van der Waals surface area contributed by atoms with Crippen molar-refractivity contribution in [3.63, 3.8) is 0 Å². The van der Waals surface area contributed by atoms with E-state index < -0.39 is 0 Å². The lowest BCUT2D eigenvalue weighted by Crippen LogP contribution is -1.75. The van der Waals surface area contributed by atoms with Crippen molar-refractivity contribution in [1.82, 2.24) is 15.0 Å². The maximum atomic E-state index is 4.53. The van der Waals surface area contributed by atoms with Crippen molar-refractivity contribution >= 4 is 21.6 Å². The molecule has 3 heterocycles. The van der Waals surface area contributed by atoms with Gasteiger partial charge in [-0.15, -0.1) is 11.3 Å². The summed E-state index contributed by atoms with van der Waals surface area (Å²) in [5.74, 6) is 0. The van der Waals surface area contributed by atoms with Crippen LogP contribution >= 0.6 is 11.3 Å². The molecule has 0 radical (unpaired) electrons. The summed E-state index contributed by atoms with van der Waals surface area (Å²) in [5, 5.41) is 1.01. The zero-order valence-electron chi connectivity index (χ0n) is 7.79. The first kappa shape index (κ1) is 8.49. The fraction of sp³-hybridized carbons (Fsp3) is 0. The highest BCUT2D eigenvalue weighted by atomic mass is 32.1. The molecule has 0 saturated heterocycles. The quantitative estimate of drug-likeness (QED) is 0.624. The number of hydrogen-bond donors (Lipinski definition) is 0. The Morgan fingerprint density at radius 3 is 2.53 bits per heavy atom. The first-order chi connectivity index (χ1) is 7.43. The van der Waals surface area contributed by atoms with Crippen LogP contribution in [0.3, 0.4) is 0 Å². The summed E-state index contributed by atoms with van der Waals surface area (Å²) < 4.78 is 1.12. The molecule has 0 N–H and O–H groups in total. The highest BCUT2D eigenvalue weighted by Gasteiger charge is 2.04. The van der Waals surface area contributed by atoms with Crippen LogP contribution in [-0.2, 0) is 0 Å². The number of fused-ring (bicyclic) bond motifs is 1. The highest BCUT2D eigenvalue weighted by molar-refractivity contribution is 7.21. The molecule has 72 valence electrons. The van der Waals surface area contributed by atoms with Crippen molar-refractivity contribution in [2.75, 3.05) is 0 Å². The van der Waals surface area contributed by atoms with Gasteiger partial charge in [0.1, 0.15) is 5.01 Å². The zero-order chi connectivity index (χ0) is 10.1. The zero-order valence-corrected chi connectivity index (χ0v) is 8.61. The molecule has 4 heteroatoms. The predicted octanol–water partition coefficient (Wildman–Crippen LogP) is 2.75. The minimum absolute atomic E-state index is 1.00. The maximum Gasteiger partial charge on any atom is 0.124 e. The molecule has 3 aromatic rings. The van der Waals surface area contributed by atoms with E-state index in [9.17, 15) is 0 Å². The lowest BCUT2D eigenvalue weighted by atomic mass is 10.3. The van der Waals surface area contributed by atoms with E-state index >= 15 is 0 Å². The number of rotatable bonds is 1. The molecular weight excluding hydrogens is 206 g/mol. The van der Waals surface area contributed by atoms with Crippen molar-refractivity contribution in [2.24, 2.45) is 0 Å². The van der Waals surface area contributed by atoms with Gasteiger partial charge >= 0.3 is 0 Å². The lowest BCUT2D eigenvalue weighted by molar-refractivity contribution is 1.32. The van der Waals surface area contributed by atoms with Gasteiger partial charge in [-0.1, -0.05) is 0 Å². The molecule has 0 unspecified atom stereocenters. The van der Waals surface area contributed by atoms with E-state index in [1.54, 1.807) is 29.9 Å². The fourth-order valence-electron chi connectivity index (χ4n) is 1.40. The van der Waals surface area contributed by atoms with Gasteiger partial charge in [-0.3, -0.25) is 9.97 Å². The van der Waals surface area contributed by atoms with E-state index in [-0.39, 0.29) is 0 Å². The molecule has 15 heavy (non-hydrogen) atoms. The Bertz CT molecular complexity index is 556. The first-order valence-corrected chi connectivity index (χ1v) is 5.36. The van der Waals surface area contributed by atoms with E-state index in [4.69, 9.17) is 0 Å². The minimum atomic E-state index is 1.00. The Morgan fingerprint density at radius 2 is 1.73 bits per heavy atom. The minimum Gasteiger partial charge on any atom is -0.265 e. The molecule has 0 aliphatic carbocycles. The summed E-state index contributed by atoms with van der Waals surface area (Å²) in [6.45, 7) is 0. The standard InChI is InChI=1S/C11H7N3S/c1-4-12-5-2-8(1)11-14-9-3-6-13-7-10(9)15-11/h1-7H. The molecule has 3 nitrogen and oxygen atoms in total. The van der Waals surface area contributed by atoms with Crippen molar-refractivity contribution in [2.45, 2.75) is 0 Å². The second-order valence-corrected chi connectivity index (χ2v) is 4.13. The predicted molar refractivity (Wildman–Crippen MR) is 60.6 cm³/mol. The Balaban J connectivity index is 2.21. The van der Waals surface area contributed by atoms with E-state index in [0.717, 1.165) is 20.8 Å². The van der Waals surface area contributed by atoms with Crippen LogP contribution in [-0.4, -0.2) is 15.0 Å². The molecule has 0 aliphatic heterocycles. The molecule has 0 aliphatic rings. The van der Waals surface area contributed by atoms with Crippen LogP contribution in [0.1, 0.15) is 0 Å². The molecule has 0 spiro atoms. The smallest absolute Gasteiger partial charge is 0.124 e. The largest absolute Gasteiger partial charge is 0.265 e. The van der Waals surface area contributed by atoms with Crippen molar-refractivity contribution in [3.8, 4) is 10.6 Å². The topological polar surface area (TPSA) is 38.7 Å². The summed E-state index contributed by atoms with van der Waals surface area (Å²) in [4.78, 5) is 12.6. The van der Waals surface area contributed by atoms with E-state index in [0.29, 0.717) is 0 Å². The summed E-state index contributed by atoms with van der Waals surface area (Å²) in [5.41, 5.74) is 2.10. The summed E-state index contributed by atoms with van der Waals surface area (Å²) in [7, 11) is 0. The Kier molecular flexibility index (Phi) is 1.93. The number of hydrogen-bond acceptors (Lipinski definition) is 4. The summed E-state index contributed by atoms with van der Waals surface area (Å²) >= 11 is 1.65. The molecule has 0 amide bonds. The molecule has 0 saturated carbocycles. The Labute approximate surface area is 90.5 Å². The van der Waals surface area contributed by atoms with Gasteiger partial charge in [-0.05, 0) is 18.2 Å². The normalized spacial score (nSPS) is 10.7. The number of thiazole rings is 1. The van der Waals surface area contributed by atoms with Gasteiger partial charge in [0.2, 0.25) is 0 Å². The van der Waals surface area contributed by atoms with Gasteiger partial charge in [0.05, 0.1) is 10.2 Å². The van der Waals surface area contributed by atoms with Crippen LogP contribution in [0.15, 0.2) is 43.0 Å². The third kappa shape index (κ3) is 1.49. The van der Waals surface area contributed by atoms with Gasteiger partial charge in [0.15, 0.2) is 0 Å². The third-order valence-electron chi connectivity index (χ3n) is 2.12. The van der Waals surface area contributed by atoms with Gasteiger partial charge in [-0.2, -0.15) is 0 Å². The average molecular weight is 213 g/mol. The van der Waals surface area contributed by atoms with Gasteiger partial charge in [0.25, 0.3) is 0 Å². The average Bonchev–Trinajstić information content (AvgIpc) is 2.74. The SMILES string of the molecule is c1cc(-c2nc3ccncc3s2)ccn1. The van der Waals surface area contributed by atoms with E-state index in [2.05, 4.69) is 15.0 Å². The Morgan fingerprint density at radius 1 is 0.933 bits per heavy atom. The van der Waals surface area contributed by atoms with E-state index in [1.807, 2.05) is 24.4 Å². The third-order valence-corrected chi connectivity index (χ3v) is 3.17. The van der Waals surface area contributed by atoms with Gasteiger partial charge in [0, 0.05) is 30.4 Å². The highest BCUT2D eigenvalue weighted by Crippen LogP contribution is 2.28. The maximum absolute atomic E-state index is 4.53. The molecule has 0 atom stereocenters. The summed E-state index contributed by atoms with van der Waals surface area (Å²) in [6.07, 6.45) is 7.16. The monoisotopic (exact) mass is 213 g/mol. The van der Waals surface area contributed by atoms with Gasteiger partial charge < -0.3 is 0 Å².